The van der Waals surface area contributed by atoms with E-state index in [9.17, 15) is 4.79 Å². The molecule has 1 aliphatic rings. The van der Waals surface area contributed by atoms with E-state index in [1.54, 1.807) is 12.3 Å². The quantitative estimate of drug-likeness (QED) is 0.771. The Morgan fingerprint density at radius 3 is 2.56 bits per heavy atom. The van der Waals surface area contributed by atoms with Crippen LogP contribution in [-0.4, -0.2) is 41.0 Å². The van der Waals surface area contributed by atoms with Gasteiger partial charge in [-0.3, -0.25) is 9.89 Å². The zero-order valence-electron chi connectivity index (χ0n) is 14.0. The van der Waals surface area contributed by atoms with Gasteiger partial charge in [-0.25, -0.2) is 0 Å². The molecular formula is C19H20N4O2. The van der Waals surface area contributed by atoms with Crippen LogP contribution in [0.2, 0.25) is 0 Å². The molecule has 0 amide bonds. The average Bonchev–Trinajstić information content (AvgIpc) is 3.16. The van der Waals surface area contributed by atoms with Gasteiger partial charge in [-0.05, 0) is 30.2 Å². The van der Waals surface area contributed by atoms with Gasteiger partial charge in [0.05, 0.1) is 24.6 Å². The van der Waals surface area contributed by atoms with Crippen LogP contribution in [-0.2, 0) is 4.74 Å². The average molecular weight is 336 g/mol. The molecule has 1 aromatic carbocycles. The molecular weight excluding hydrogens is 316 g/mol. The van der Waals surface area contributed by atoms with E-state index in [1.165, 1.54) is 0 Å². The lowest BCUT2D eigenvalue weighted by atomic mass is 10.1. The number of benzene rings is 1. The van der Waals surface area contributed by atoms with Crippen LogP contribution in [0.5, 0.6) is 0 Å². The first-order valence-electron chi connectivity index (χ1n) is 8.39. The van der Waals surface area contributed by atoms with Crippen molar-refractivity contribution in [3.05, 3.63) is 59.0 Å². The molecule has 3 aromatic rings. The lowest BCUT2D eigenvalue weighted by Gasteiger charge is -2.35. The molecule has 0 aliphatic carbocycles. The third kappa shape index (κ3) is 3.21. The van der Waals surface area contributed by atoms with Crippen molar-refractivity contribution < 1.29 is 4.74 Å². The van der Waals surface area contributed by atoms with Gasteiger partial charge in [-0.1, -0.05) is 24.3 Å². The van der Waals surface area contributed by atoms with Crippen LogP contribution in [0.15, 0.2) is 53.5 Å². The van der Waals surface area contributed by atoms with E-state index in [-0.39, 0.29) is 11.6 Å². The summed E-state index contributed by atoms with van der Waals surface area (Å²) in [7, 11) is 0. The normalized spacial score (nSPS) is 17.6. The van der Waals surface area contributed by atoms with Gasteiger partial charge in [-0.2, -0.15) is 5.10 Å². The first kappa shape index (κ1) is 15.7. The van der Waals surface area contributed by atoms with Gasteiger partial charge in [0.1, 0.15) is 0 Å². The highest BCUT2D eigenvalue weighted by Gasteiger charge is 2.20. The largest absolute Gasteiger partial charge is 0.377 e. The number of aromatic nitrogens is 3. The Morgan fingerprint density at radius 2 is 1.88 bits per heavy atom. The summed E-state index contributed by atoms with van der Waals surface area (Å²) >= 11 is 0. The van der Waals surface area contributed by atoms with Crippen LogP contribution in [0, 0.1) is 0 Å². The van der Waals surface area contributed by atoms with Crippen molar-refractivity contribution in [1.29, 1.82) is 0 Å². The SMILES string of the molecule is C[C@@H]1COCCN1c1cc(-c2ccc(-c3ccn[nH]3)cc2)[nH]c(=O)c1. The number of H-pyrrole nitrogens is 2. The number of ether oxygens (including phenoxy) is 1. The van der Waals surface area contributed by atoms with Crippen LogP contribution in [0.3, 0.4) is 0 Å². The molecule has 1 aliphatic heterocycles. The van der Waals surface area contributed by atoms with Crippen molar-refractivity contribution in [2.24, 2.45) is 0 Å². The zero-order chi connectivity index (χ0) is 17.2. The summed E-state index contributed by atoms with van der Waals surface area (Å²) < 4.78 is 5.49. The second kappa shape index (κ2) is 6.57. The summed E-state index contributed by atoms with van der Waals surface area (Å²) in [6.07, 6.45) is 1.73. The lowest BCUT2D eigenvalue weighted by molar-refractivity contribution is 0.0989. The summed E-state index contributed by atoms with van der Waals surface area (Å²) in [6, 6.07) is 13.9. The molecule has 6 nitrogen and oxygen atoms in total. The Labute approximate surface area is 145 Å². The molecule has 0 radical (unpaired) electrons. The second-order valence-electron chi connectivity index (χ2n) is 6.28. The molecule has 128 valence electrons. The molecule has 4 rings (SSSR count). The Hall–Kier alpha value is -2.86. The van der Waals surface area contributed by atoms with Crippen molar-refractivity contribution in [3.8, 4) is 22.5 Å². The van der Waals surface area contributed by atoms with Gasteiger partial charge in [0.25, 0.3) is 0 Å². The minimum atomic E-state index is -0.0937. The summed E-state index contributed by atoms with van der Waals surface area (Å²) in [5.74, 6) is 0. The first-order valence-corrected chi connectivity index (χ1v) is 8.39. The molecule has 0 spiro atoms. The smallest absolute Gasteiger partial charge is 0.250 e. The van der Waals surface area contributed by atoms with Crippen LogP contribution < -0.4 is 10.5 Å². The fourth-order valence-corrected chi connectivity index (χ4v) is 3.21. The molecule has 1 fully saturated rings. The molecule has 3 heterocycles. The molecule has 0 bridgehead atoms. The lowest BCUT2D eigenvalue weighted by Crippen LogP contribution is -2.44. The Bertz CT molecular complexity index is 900. The highest BCUT2D eigenvalue weighted by atomic mass is 16.5. The predicted octanol–water partition coefficient (Wildman–Crippen LogP) is 2.66. The van der Waals surface area contributed by atoms with E-state index in [0.29, 0.717) is 13.2 Å². The highest BCUT2D eigenvalue weighted by Crippen LogP contribution is 2.25. The van der Waals surface area contributed by atoms with Gasteiger partial charge < -0.3 is 14.6 Å². The van der Waals surface area contributed by atoms with Crippen molar-refractivity contribution >= 4 is 5.69 Å². The minimum absolute atomic E-state index is 0.0937. The number of aromatic amines is 2. The monoisotopic (exact) mass is 336 g/mol. The minimum Gasteiger partial charge on any atom is -0.377 e. The van der Waals surface area contributed by atoms with Gasteiger partial charge in [0.2, 0.25) is 5.56 Å². The van der Waals surface area contributed by atoms with E-state index in [4.69, 9.17) is 4.74 Å². The van der Waals surface area contributed by atoms with E-state index in [2.05, 4.69) is 27.0 Å². The maximum atomic E-state index is 12.2. The maximum absolute atomic E-state index is 12.2. The predicted molar refractivity (Wildman–Crippen MR) is 97.7 cm³/mol. The molecule has 2 aromatic heterocycles. The molecule has 25 heavy (non-hydrogen) atoms. The summed E-state index contributed by atoms with van der Waals surface area (Å²) in [6.45, 7) is 4.27. The third-order valence-electron chi connectivity index (χ3n) is 4.54. The summed E-state index contributed by atoms with van der Waals surface area (Å²) in [5, 5.41) is 6.93. The number of nitrogens with zero attached hydrogens (tertiary/aromatic N) is 2. The second-order valence-corrected chi connectivity index (χ2v) is 6.28. The van der Waals surface area contributed by atoms with E-state index in [0.717, 1.165) is 34.7 Å². The number of hydrogen-bond donors (Lipinski definition) is 2. The van der Waals surface area contributed by atoms with Crippen molar-refractivity contribution in [1.82, 2.24) is 15.2 Å². The maximum Gasteiger partial charge on any atom is 0.250 e. The fourth-order valence-electron chi connectivity index (χ4n) is 3.21. The number of pyridine rings is 1. The van der Waals surface area contributed by atoms with Gasteiger partial charge in [0.15, 0.2) is 0 Å². The van der Waals surface area contributed by atoms with Gasteiger partial charge in [-0.15, -0.1) is 0 Å². The standard InChI is InChI=1S/C19H20N4O2/c1-13-12-25-9-8-23(13)16-10-18(21-19(24)11-16)15-4-2-14(3-5-15)17-6-7-20-22-17/h2-7,10-11,13H,8-9,12H2,1H3,(H,20,22)(H,21,24)/t13-/m1/s1. The Morgan fingerprint density at radius 1 is 1.12 bits per heavy atom. The van der Waals surface area contributed by atoms with Gasteiger partial charge >= 0.3 is 0 Å². The van der Waals surface area contributed by atoms with Crippen molar-refractivity contribution in [2.45, 2.75) is 13.0 Å². The first-order chi connectivity index (χ1) is 12.2. The van der Waals surface area contributed by atoms with Crippen LogP contribution in [0.25, 0.3) is 22.5 Å². The third-order valence-corrected chi connectivity index (χ3v) is 4.54. The van der Waals surface area contributed by atoms with Crippen LogP contribution in [0.1, 0.15) is 6.92 Å². The van der Waals surface area contributed by atoms with E-state index in [1.807, 2.05) is 36.4 Å². The molecule has 1 atom stereocenters. The Kier molecular flexibility index (Phi) is 4.11. The topological polar surface area (TPSA) is 74.0 Å². The van der Waals surface area contributed by atoms with Crippen LogP contribution >= 0.6 is 0 Å². The van der Waals surface area contributed by atoms with Gasteiger partial charge in [0, 0.05) is 30.5 Å². The van der Waals surface area contributed by atoms with E-state index < -0.39 is 0 Å². The number of anilines is 1. The molecule has 0 unspecified atom stereocenters. The van der Waals surface area contributed by atoms with Crippen LogP contribution in [0.4, 0.5) is 5.69 Å². The molecule has 2 N–H and O–H groups in total. The molecule has 6 heteroatoms. The molecule has 0 saturated carbocycles. The zero-order valence-corrected chi connectivity index (χ0v) is 14.0. The number of nitrogens with one attached hydrogen (secondary N) is 2. The van der Waals surface area contributed by atoms with Crippen molar-refractivity contribution in [3.63, 3.8) is 0 Å². The molecule has 1 saturated heterocycles. The summed E-state index contributed by atoms with van der Waals surface area (Å²) in [5.41, 5.74) is 4.66. The van der Waals surface area contributed by atoms with Crippen molar-refractivity contribution in [2.75, 3.05) is 24.7 Å². The highest BCUT2D eigenvalue weighted by molar-refractivity contribution is 5.69. The number of rotatable bonds is 3. The number of morpholine rings is 1. The van der Waals surface area contributed by atoms with E-state index >= 15 is 0 Å². The Balaban J connectivity index is 1.67. The summed E-state index contributed by atoms with van der Waals surface area (Å²) in [4.78, 5) is 17.3. The fraction of sp³-hybridized carbons (Fsp3) is 0.263. The number of hydrogen-bond acceptors (Lipinski definition) is 4.